The highest BCUT2D eigenvalue weighted by Crippen LogP contribution is 2.35. The number of anilines is 1. The lowest BCUT2D eigenvalue weighted by Gasteiger charge is -2.18. The van der Waals surface area contributed by atoms with Gasteiger partial charge in [-0.3, -0.25) is 9.69 Å². The molecule has 1 aliphatic rings. The number of halogens is 3. The minimum atomic E-state index is -4.69. The van der Waals surface area contributed by atoms with E-state index in [4.69, 9.17) is 17.5 Å². The van der Waals surface area contributed by atoms with Crippen LogP contribution in [0.15, 0.2) is 18.2 Å². The van der Waals surface area contributed by atoms with E-state index in [1.807, 2.05) is 13.8 Å². The van der Waals surface area contributed by atoms with E-state index in [0.29, 0.717) is 0 Å². The van der Waals surface area contributed by atoms with Crippen LogP contribution in [0.25, 0.3) is 0 Å². The van der Waals surface area contributed by atoms with Gasteiger partial charge in [0, 0.05) is 0 Å². The summed E-state index contributed by atoms with van der Waals surface area (Å²) in [5.41, 5.74) is -2.60. The molecule has 1 aromatic carbocycles. The standard InChI is InChI=1S/C13H10F3N3OS.C2H6/c1-12(2)10(20)19(11(21)18-12)8-4-3-7(6-17)9(5-8)13(14,15)16;1-2/h3-5H,1-2H3,(H,18,21);1-2H3. The predicted molar refractivity (Wildman–Crippen MR) is 84.8 cm³/mol. The molecular weight excluding hydrogens is 327 g/mol. The van der Waals surface area contributed by atoms with Crippen molar-refractivity contribution in [3.8, 4) is 6.07 Å². The number of alkyl halides is 3. The number of carbonyl (C=O) groups is 1. The molecule has 124 valence electrons. The van der Waals surface area contributed by atoms with E-state index in [9.17, 15) is 18.0 Å². The van der Waals surface area contributed by atoms with E-state index < -0.39 is 28.7 Å². The van der Waals surface area contributed by atoms with Crippen LogP contribution >= 0.6 is 12.2 Å². The summed E-state index contributed by atoms with van der Waals surface area (Å²) >= 11 is 4.99. The van der Waals surface area contributed by atoms with Gasteiger partial charge < -0.3 is 5.32 Å². The number of nitrogens with one attached hydrogen (secondary N) is 1. The van der Waals surface area contributed by atoms with Gasteiger partial charge in [-0.25, -0.2) is 0 Å². The zero-order valence-electron chi connectivity index (χ0n) is 13.1. The van der Waals surface area contributed by atoms with Crippen LogP contribution in [0.2, 0.25) is 0 Å². The van der Waals surface area contributed by atoms with E-state index in [1.54, 1.807) is 13.8 Å². The van der Waals surface area contributed by atoms with Crippen LogP contribution < -0.4 is 10.2 Å². The molecule has 2 rings (SSSR count). The Labute approximate surface area is 137 Å². The maximum absolute atomic E-state index is 12.9. The molecule has 0 saturated carbocycles. The number of amides is 1. The van der Waals surface area contributed by atoms with Crippen molar-refractivity contribution in [3.63, 3.8) is 0 Å². The van der Waals surface area contributed by atoms with Crippen LogP contribution in [-0.2, 0) is 11.0 Å². The van der Waals surface area contributed by atoms with Gasteiger partial charge in [-0.15, -0.1) is 0 Å². The average molecular weight is 343 g/mol. The SMILES string of the molecule is CC.CC1(C)NC(=S)N(c2ccc(C#N)c(C(F)(F)F)c2)C1=O. The van der Waals surface area contributed by atoms with Crippen LogP contribution in [0.3, 0.4) is 0 Å². The number of nitriles is 1. The summed E-state index contributed by atoms with van der Waals surface area (Å²) in [5.74, 6) is -0.453. The molecule has 4 nitrogen and oxygen atoms in total. The molecule has 0 unspecified atom stereocenters. The first kappa shape index (κ1) is 18.9. The molecule has 23 heavy (non-hydrogen) atoms. The van der Waals surface area contributed by atoms with Gasteiger partial charge >= 0.3 is 6.18 Å². The molecule has 0 spiro atoms. The monoisotopic (exact) mass is 343 g/mol. The zero-order valence-corrected chi connectivity index (χ0v) is 13.9. The largest absolute Gasteiger partial charge is 0.417 e. The summed E-state index contributed by atoms with van der Waals surface area (Å²) < 4.78 is 38.8. The lowest BCUT2D eigenvalue weighted by atomic mass is 10.0. The molecule has 1 amide bonds. The van der Waals surface area contributed by atoms with Crippen molar-refractivity contribution in [2.45, 2.75) is 39.4 Å². The summed E-state index contributed by atoms with van der Waals surface area (Å²) in [7, 11) is 0. The summed E-state index contributed by atoms with van der Waals surface area (Å²) in [4.78, 5) is 13.2. The Hall–Kier alpha value is -2.14. The Morgan fingerprint density at radius 2 is 1.87 bits per heavy atom. The molecule has 1 aliphatic heterocycles. The van der Waals surface area contributed by atoms with Gasteiger partial charge in [-0.1, -0.05) is 13.8 Å². The number of hydrogen-bond acceptors (Lipinski definition) is 3. The second-order valence-corrected chi connectivity index (χ2v) is 5.42. The van der Waals surface area contributed by atoms with Crippen LogP contribution in [0.5, 0.6) is 0 Å². The lowest BCUT2D eigenvalue weighted by Crippen LogP contribution is -2.40. The van der Waals surface area contributed by atoms with Crippen molar-refractivity contribution in [1.29, 1.82) is 5.26 Å². The van der Waals surface area contributed by atoms with E-state index >= 15 is 0 Å². The fourth-order valence-corrected chi connectivity index (χ4v) is 2.43. The third-order valence-corrected chi connectivity index (χ3v) is 3.33. The van der Waals surface area contributed by atoms with Gasteiger partial charge in [-0.2, -0.15) is 18.4 Å². The van der Waals surface area contributed by atoms with Crippen LogP contribution in [0.4, 0.5) is 18.9 Å². The molecule has 1 aromatic rings. The van der Waals surface area contributed by atoms with E-state index in [-0.39, 0.29) is 10.8 Å². The number of thiocarbonyl (C=S) groups is 1. The van der Waals surface area contributed by atoms with Gasteiger partial charge in [0.2, 0.25) is 0 Å². The molecular formula is C15H16F3N3OS. The first-order valence-corrected chi connectivity index (χ1v) is 7.27. The minimum Gasteiger partial charge on any atom is -0.348 e. The Kier molecular flexibility index (Phi) is 5.38. The molecule has 1 N–H and O–H groups in total. The van der Waals surface area contributed by atoms with Gasteiger partial charge in [0.25, 0.3) is 5.91 Å². The van der Waals surface area contributed by atoms with Gasteiger partial charge in [-0.05, 0) is 44.3 Å². The Morgan fingerprint density at radius 3 is 2.26 bits per heavy atom. The normalized spacial score (nSPS) is 16.3. The lowest BCUT2D eigenvalue weighted by molar-refractivity contribution is -0.137. The molecule has 0 atom stereocenters. The summed E-state index contributed by atoms with van der Waals surface area (Å²) in [5, 5.41) is 11.5. The Bertz CT molecular complexity index is 678. The van der Waals surface area contributed by atoms with Gasteiger partial charge in [0.1, 0.15) is 5.54 Å². The molecule has 1 heterocycles. The van der Waals surface area contributed by atoms with Crippen molar-refractivity contribution in [3.05, 3.63) is 29.3 Å². The first-order chi connectivity index (χ1) is 10.6. The molecule has 0 aliphatic carbocycles. The van der Waals surface area contributed by atoms with E-state index in [2.05, 4.69) is 5.32 Å². The summed E-state index contributed by atoms with van der Waals surface area (Å²) in [6.07, 6.45) is -4.69. The highest BCUT2D eigenvalue weighted by Gasteiger charge is 2.43. The molecule has 1 saturated heterocycles. The Balaban J connectivity index is 0.00000127. The highest BCUT2D eigenvalue weighted by atomic mass is 32.1. The van der Waals surface area contributed by atoms with Gasteiger partial charge in [0.05, 0.1) is 22.9 Å². The minimum absolute atomic E-state index is 0.0191. The molecule has 8 heteroatoms. The topological polar surface area (TPSA) is 56.1 Å². The van der Waals surface area contributed by atoms with E-state index in [0.717, 1.165) is 17.0 Å². The molecule has 1 fully saturated rings. The summed E-state index contributed by atoms with van der Waals surface area (Å²) in [6, 6.07) is 4.53. The fourth-order valence-electron chi connectivity index (χ4n) is 1.99. The van der Waals surface area contributed by atoms with Crippen LogP contribution in [0.1, 0.15) is 38.8 Å². The Morgan fingerprint density at radius 1 is 1.30 bits per heavy atom. The van der Waals surface area contributed by atoms with Crippen molar-refractivity contribution in [1.82, 2.24) is 5.32 Å². The number of rotatable bonds is 1. The van der Waals surface area contributed by atoms with Gasteiger partial charge in [0.15, 0.2) is 5.11 Å². The average Bonchev–Trinajstić information content (AvgIpc) is 2.68. The second-order valence-electron chi connectivity index (χ2n) is 5.04. The van der Waals surface area contributed by atoms with Crippen molar-refractivity contribution < 1.29 is 18.0 Å². The maximum Gasteiger partial charge on any atom is 0.417 e. The zero-order chi connectivity index (χ0) is 18.0. The van der Waals surface area contributed by atoms with Crippen molar-refractivity contribution >= 4 is 28.9 Å². The third-order valence-electron chi connectivity index (χ3n) is 3.05. The number of nitrogens with zero attached hydrogens (tertiary/aromatic N) is 2. The van der Waals surface area contributed by atoms with Crippen molar-refractivity contribution in [2.75, 3.05) is 4.90 Å². The molecule has 0 aromatic heterocycles. The quantitative estimate of drug-likeness (QED) is 0.792. The number of carbonyl (C=O) groups excluding carboxylic acids is 1. The van der Waals surface area contributed by atoms with Crippen LogP contribution in [-0.4, -0.2) is 16.6 Å². The maximum atomic E-state index is 12.9. The van der Waals surface area contributed by atoms with Crippen LogP contribution in [0, 0.1) is 11.3 Å². The first-order valence-electron chi connectivity index (χ1n) is 6.86. The summed E-state index contributed by atoms with van der Waals surface area (Å²) in [6.45, 7) is 7.16. The molecule has 0 bridgehead atoms. The fraction of sp³-hybridized carbons (Fsp3) is 0.400. The third kappa shape index (κ3) is 3.62. The second kappa shape index (κ2) is 6.54. The number of benzene rings is 1. The number of hydrogen-bond donors (Lipinski definition) is 1. The smallest absolute Gasteiger partial charge is 0.348 e. The van der Waals surface area contributed by atoms with Crippen molar-refractivity contribution in [2.24, 2.45) is 0 Å². The van der Waals surface area contributed by atoms with E-state index in [1.165, 1.54) is 12.1 Å². The predicted octanol–water partition coefficient (Wildman–Crippen LogP) is 3.60. The highest BCUT2D eigenvalue weighted by molar-refractivity contribution is 7.80. The molecule has 0 radical (unpaired) electrons.